The minimum Gasteiger partial charge on any atom is -0.496 e. The third kappa shape index (κ3) is 4.21. The summed E-state index contributed by atoms with van der Waals surface area (Å²) < 4.78 is 5.32. The molecule has 0 aliphatic carbocycles. The Labute approximate surface area is 130 Å². The Morgan fingerprint density at radius 1 is 1.19 bits per heavy atom. The van der Waals surface area contributed by atoms with Gasteiger partial charge in [0.25, 0.3) is 0 Å². The van der Waals surface area contributed by atoms with Gasteiger partial charge in [-0.2, -0.15) is 0 Å². The first-order valence-corrected chi connectivity index (χ1v) is 7.28. The lowest BCUT2D eigenvalue weighted by atomic mass is 10.0. The maximum atomic E-state index is 10.3. The zero-order valence-electron chi connectivity index (χ0n) is 12.2. The molecule has 0 saturated heterocycles. The number of hydrogen-bond donors (Lipinski definition) is 2. The van der Waals surface area contributed by atoms with Gasteiger partial charge in [0.1, 0.15) is 5.75 Å². The van der Waals surface area contributed by atoms with Crippen LogP contribution < -0.4 is 10.1 Å². The number of nitrogens with one attached hydrogen (secondary N) is 1. The molecule has 0 heterocycles. The van der Waals surface area contributed by atoms with Gasteiger partial charge in [0.2, 0.25) is 0 Å². The summed E-state index contributed by atoms with van der Waals surface area (Å²) in [7, 11) is 1.63. The molecule has 112 valence electrons. The zero-order chi connectivity index (χ0) is 15.2. The smallest absolute Gasteiger partial charge is 0.123 e. The Balaban J connectivity index is 2.01. The fourth-order valence-electron chi connectivity index (χ4n) is 2.21. The third-order valence-electron chi connectivity index (χ3n) is 3.47. The lowest BCUT2D eigenvalue weighted by Crippen LogP contribution is -2.31. The van der Waals surface area contributed by atoms with E-state index >= 15 is 0 Å². The number of aliphatic hydroxyl groups excluding tert-OH is 1. The fourth-order valence-corrected chi connectivity index (χ4v) is 2.40. The van der Waals surface area contributed by atoms with E-state index in [1.807, 2.05) is 49.4 Å². The van der Waals surface area contributed by atoms with Gasteiger partial charge >= 0.3 is 0 Å². The molecule has 4 heteroatoms. The number of rotatable bonds is 6. The van der Waals surface area contributed by atoms with Crippen LogP contribution in [0, 0.1) is 0 Å². The molecule has 0 bridgehead atoms. The van der Waals surface area contributed by atoms with Crippen LogP contribution in [-0.4, -0.2) is 18.3 Å². The molecule has 0 saturated carbocycles. The highest BCUT2D eigenvalue weighted by Gasteiger charge is 2.16. The first kappa shape index (κ1) is 15.8. The van der Waals surface area contributed by atoms with Gasteiger partial charge in [0, 0.05) is 23.2 Å². The van der Waals surface area contributed by atoms with Crippen LogP contribution >= 0.6 is 11.6 Å². The van der Waals surface area contributed by atoms with E-state index in [1.165, 1.54) is 0 Å². The normalized spacial score (nSPS) is 13.7. The molecule has 2 N–H and O–H groups in total. The quantitative estimate of drug-likeness (QED) is 0.857. The summed E-state index contributed by atoms with van der Waals surface area (Å²) in [6, 6.07) is 15.0. The highest BCUT2D eigenvalue weighted by atomic mass is 35.5. The Morgan fingerprint density at radius 2 is 1.90 bits per heavy atom. The van der Waals surface area contributed by atoms with Gasteiger partial charge in [-0.3, -0.25) is 0 Å². The topological polar surface area (TPSA) is 41.5 Å². The van der Waals surface area contributed by atoms with Crippen LogP contribution in [0.4, 0.5) is 0 Å². The van der Waals surface area contributed by atoms with E-state index < -0.39 is 6.10 Å². The van der Waals surface area contributed by atoms with E-state index in [0.29, 0.717) is 11.6 Å². The Morgan fingerprint density at radius 3 is 2.57 bits per heavy atom. The van der Waals surface area contributed by atoms with Crippen molar-refractivity contribution in [2.45, 2.75) is 25.6 Å². The summed E-state index contributed by atoms with van der Waals surface area (Å²) in [6.07, 6.45) is -0.559. The first-order valence-electron chi connectivity index (χ1n) is 6.90. The Hall–Kier alpha value is -1.55. The molecule has 0 fully saturated rings. The summed E-state index contributed by atoms with van der Waals surface area (Å²) in [5, 5.41) is 14.3. The van der Waals surface area contributed by atoms with Crippen LogP contribution in [0.3, 0.4) is 0 Å². The largest absolute Gasteiger partial charge is 0.496 e. The van der Waals surface area contributed by atoms with E-state index in [0.717, 1.165) is 16.9 Å². The molecule has 0 aromatic heterocycles. The highest BCUT2D eigenvalue weighted by molar-refractivity contribution is 6.30. The minimum absolute atomic E-state index is 0.0870. The molecule has 0 unspecified atom stereocenters. The number of ether oxygens (including phenoxy) is 1. The lowest BCUT2D eigenvalue weighted by molar-refractivity contribution is 0.135. The molecule has 2 atom stereocenters. The van der Waals surface area contributed by atoms with Crippen molar-refractivity contribution in [3.05, 3.63) is 64.7 Å². The minimum atomic E-state index is -0.559. The van der Waals surface area contributed by atoms with Crippen molar-refractivity contribution in [3.8, 4) is 5.75 Å². The molecule has 0 radical (unpaired) electrons. The van der Waals surface area contributed by atoms with Crippen LogP contribution in [0.15, 0.2) is 48.5 Å². The van der Waals surface area contributed by atoms with Crippen LogP contribution in [-0.2, 0) is 6.54 Å². The van der Waals surface area contributed by atoms with Crippen molar-refractivity contribution in [1.29, 1.82) is 0 Å². The average molecular weight is 306 g/mol. The predicted molar refractivity (Wildman–Crippen MR) is 85.7 cm³/mol. The van der Waals surface area contributed by atoms with Crippen molar-refractivity contribution in [3.63, 3.8) is 0 Å². The molecule has 2 rings (SSSR count). The van der Waals surface area contributed by atoms with E-state index in [1.54, 1.807) is 13.2 Å². The van der Waals surface area contributed by atoms with Gasteiger partial charge < -0.3 is 15.2 Å². The third-order valence-corrected chi connectivity index (χ3v) is 3.71. The molecule has 2 aromatic rings. The van der Waals surface area contributed by atoms with Crippen molar-refractivity contribution in [2.75, 3.05) is 7.11 Å². The second-order valence-corrected chi connectivity index (χ2v) is 5.42. The van der Waals surface area contributed by atoms with Crippen molar-refractivity contribution in [2.24, 2.45) is 0 Å². The first-order chi connectivity index (χ1) is 10.1. The second kappa shape index (κ2) is 7.46. The summed E-state index contributed by atoms with van der Waals surface area (Å²) in [5.74, 6) is 0.785. The average Bonchev–Trinajstić information content (AvgIpc) is 2.52. The molecule has 0 amide bonds. The van der Waals surface area contributed by atoms with Gasteiger partial charge in [-0.15, -0.1) is 0 Å². The SMILES string of the molecule is COc1ccc(Cl)cc1CN[C@@H](C)[C@@H](O)c1ccccc1. The van der Waals surface area contributed by atoms with E-state index in [4.69, 9.17) is 16.3 Å². The van der Waals surface area contributed by atoms with Crippen LogP contribution in [0.5, 0.6) is 5.75 Å². The predicted octanol–water partition coefficient (Wildman–Crippen LogP) is 3.56. The standard InChI is InChI=1S/C17H20ClNO2/c1-12(17(20)13-6-4-3-5-7-13)19-11-14-10-15(18)8-9-16(14)21-2/h3-10,12,17,19-20H,11H2,1-2H3/t12-,17+/m0/s1. The molecular weight excluding hydrogens is 286 g/mol. The summed E-state index contributed by atoms with van der Waals surface area (Å²) in [6.45, 7) is 2.53. The molecule has 2 aromatic carbocycles. The number of aliphatic hydroxyl groups is 1. The lowest BCUT2D eigenvalue weighted by Gasteiger charge is -2.21. The summed E-state index contributed by atoms with van der Waals surface area (Å²) in [5.41, 5.74) is 1.87. The van der Waals surface area contributed by atoms with E-state index in [-0.39, 0.29) is 6.04 Å². The molecule has 0 aliphatic heterocycles. The monoisotopic (exact) mass is 305 g/mol. The summed E-state index contributed by atoms with van der Waals surface area (Å²) in [4.78, 5) is 0. The molecule has 21 heavy (non-hydrogen) atoms. The van der Waals surface area contributed by atoms with Gasteiger partial charge in [-0.25, -0.2) is 0 Å². The van der Waals surface area contributed by atoms with E-state index in [2.05, 4.69) is 5.32 Å². The van der Waals surface area contributed by atoms with Crippen molar-refractivity contribution >= 4 is 11.6 Å². The van der Waals surface area contributed by atoms with Crippen molar-refractivity contribution in [1.82, 2.24) is 5.32 Å². The zero-order valence-corrected chi connectivity index (χ0v) is 13.0. The highest BCUT2D eigenvalue weighted by Crippen LogP contribution is 2.23. The van der Waals surface area contributed by atoms with Crippen LogP contribution in [0.25, 0.3) is 0 Å². The van der Waals surface area contributed by atoms with E-state index in [9.17, 15) is 5.11 Å². The van der Waals surface area contributed by atoms with Crippen molar-refractivity contribution < 1.29 is 9.84 Å². The van der Waals surface area contributed by atoms with Gasteiger partial charge in [-0.1, -0.05) is 41.9 Å². The Bertz CT molecular complexity index is 574. The number of benzene rings is 2. The molecule has 0 aliphatic rings. The maximum absolute atomic E-state index is 10.3. The molecule has 3 nitrogen and oxygen atoms in total. The molecular formula is C17H20ClNO2. The summed E-state index contributed by atoms with van der Waals surface area (Å²) >= 11 is 6.01. The number of halogens is 1. The van der Waals surface area contributed by atoms with Gasteiger partial charge in [0.15, 0.2) is 0 Å². The number of hydrogen-bond acceptors (Lipinski definition) is 3. The fraction of sp³-hybridized carbons (Fsp3) is 0.294. The van der Waals surface area contributed by atoms with Gasteiger partial charge in [0.05, 0.1) is 13.2 Å². The molecule has 0 spiro atoms. The number of methoxy groups -OCH3 is 1. The maximum Gasteiger partial charge on any atom is 0.123 e. The Kier molecular flexibility index (Phi) is 5.62. The van der Waals surface area contributed by atoms with Crippen LogP contribution in [0.1, 0.15) is 24.2 Å². The second-order valence-electron chi connectivity index (χ2n) is 4.98. The van der Waals surface area contributed by atoms with Crippen LogP contribution in [0.2, 0.25) is 5.02 Å². The van der Waals surface area contributed by atoms with Gasteiger partial charge in [-0.05, 0) is 30.7 Å².